The Morgan fingerprint density at radius 2 is 2.12 bits per heavy atom. The highest BCUT2D eigenvalue weighted by Crippen LogP contribution is 2.43. The average Bonchev–Trinajstić information content (AvgIpc) is 2.27. The lowest BCUT2D eigenvalue weighted by molar-refractivity contribution is 0.187. The Bertz CT molecular complexity index is 499. The SMILES string of the molecule is CCS(=O)(=O)[C@](Cl)(I)[C@@H](O)c1cccc(C)c1. The zero-order valence-electron chi connectivity index (χ0n) is 9.52. The van der Waals surface area contributed by atoms with Crippen molar-refractivity contribution in [3.05, 3.63) is 35.4 Å². The van der Waals surface area contributed by atoms with Crippen LogP contribution in [0.2, 0.25) is 0 Å². The molecule has 6 heteroatoms. The fourth-order valence-corrected chi connectivity index (χ4v) is 4.01. The van der Waals surface area contributed by atoms with Crippen molar-refractivity contribution in [2.75, 3.05) is 5.75 Å². The quantitative estimate of drug-likeness (QED) is 0.637. The minimum Gasteiger partial charge on any atom is -0.385 e. The normalized spacial score (nSPS) is 17.5. The molecule has 17 heavy (non-hydrogen) atoms. The number of rotatable bonds is 4. The number of aliphatic hydroxyl groups is 1. The van der Waals surface area contributed by atoms with E-state index >= 15 is 0 Å². The van der Waals surface area contributed by atoms with Crippen LogP contribution in [-0.2, 0) is 9.84 Å². The Hall–Kier alpha value is 0.150. The van der Waals surface area contributed by atoms with Gasteiger partial charge in [0.05, 0.1) is 5.75 Å². The molecule has 3 nitrogen and oxygen atoms in total. The Morgan fingerprint density at radius 1 is 1.53 bits per heavy atom. The molecule has 1 N–H and O–H groups in total. The Kier molecular flexibility index (Phi) is 4.85. The molecule has 0 fully saturated rings. The van der Waals surface area contributed by atoms with Crippen molar-refractivity contribution >= 4 is 44.0 Å². The van der Waals surface area contributed by atoms with E-state index < -0.39 is 18.2 Å². The third-order valence-electron chi connectivity index (χ3n) is 2.47. The number of aliphatic hydroxyl groups excluding tert-OH is 1. The third-order valence-corrected chi connectivity index (χ3v) is 7.80. The van der Waals surface area contributed by atoms with Gasteiger partial charge in [0, 0.05) is 0 Å². The van der Waals surface area contributed by atoms with Crippen molar-refractivity contribution < 1.29 is 13.5 Å². The van der Waals surface area contributed by atoms with Crippen LogP contribution < -0.4 is 0 Å². The van der Waals surface area contributed by atoms with Gasteiger partial charge in [-0.25, -0.2) is 8.42 Å². The highest BCUT2D eigenvalue weighted by atomic mass is 127. The number of hydrogen-bond acceptors (Lipinski definition) is 3. The zero-order chi connectivity index (χ0) is 13.3. The summed E-state index contributed by atoms with van der Waals surface area (Å²) < 4.78 is 21.9. The summed E-state index contributed by atoms with van der Waals surface area (Å²) in [6.07, 6.45) is -1.25. The van der Waals surface area contributed by atoms with E-state index in [1.165, 1.54) is 6.92 Å². The second-order valence-corrected chi connectivity index (χ2v) is 10.1. The van der Waals surface area contributed by atoms with Gasteiger partial charge in [-0.05, 0) is 35.1 Å². The van der Waals surface area contributed by atoms with Crippen molar-refractivity contribution in [3.8, 4) is 0 Å². The second kappa shape index (κ2) is 5.42. The van der Waals surface area contributed by atoms with Crippen LogP contribution in [0.4, 0.5) is 0 Å². The fraction of sp³-hybridized carbons (Fsp3) is 0.455. The van der Waals surface area contributed by atoms with Crippen LogP contribution in [0.15, 0.2) is 24.3 Å². The van der Waals surface area contributed by atoms with Gasteiger partial charge in [-0.2, -0.15) is 0 Å². The number of alkyl halides is 2. The van der Waals surface area contributed by atoms with E-state index in [2.05, 4.69) is 0 Å². The summed E-state index contributed by atoms with van der Waals surface area (Å²) in [7, 11) is -3.56. The monoisotopic (exact) mass is 388 g/mol. The molecule has 1 aromatic carbocycles. The molecule has 0 amide bonds. The van der Waals surface area contributed by atoms with Crippen molar-refractivity contribution in [1.82, 2.24) is 0 Å². The van der Waals surface area contributed by atoms with Gasteiger partial charge >= 0.3 is 0 Å². The molecule has 0 bridgehead atoms. The molecule has 0 spiro atoms. The molecule has 0 unspecified atom stereocenters. The zero-order valence-corrected chi connectivity index (χ0v) is 13.3. The predicted octanol–water partition coefficient (Wildman–Crippen LogP) is 2.79. The van der Waals surface area contributed by atoms with Gasteiger partial charge in [0.1, 0.15) is 6.10 Å². The molecule has 2 atom stereocenters. The molecule has 0 heterocycles. The van der Waals surface area contributed by atoms with Crippen LogP contribution in [-0.4, -0.2) is 21.5 Å². The maximum atomic E-state index is 11.8. The highest BCUT2D eigenvalue weighted by Gasteiger charge is 2.45. The summed E-state index contributed by atoms with van der Waals surface area (Å²) in [5.41, 5.74) is 1.45. The molecular formula is C11H14ClIO3S. The topological polar surface area (TPSA) is 54.4 Å². The summed E-state index contributed by atoms with van der Waals surface area (Å²) in [6.45, 7) is 3.38. The summed E-state index contributed by atoms with van der Waals surface area (Å²) in [5, 5.41) is 10.1. The van der Waals surface area contributed by atoms with Crippen LogP contribution in [0.25, 0.3) is 0 Å². The average molecular weight is 389 g/mol. The lowest BCUT2D eigenvalue weighted by atomic mass is 10.1. The Balaban J connectivity index is 3.17. The molecule has 0 aliphatic heterocycles. The van der Waals surface area contributed by atoms with Crippen LogP contribution in [0, 0.1) is 6.92 Å². The minimum atomic E-state index is -3.56. The first kappa shape index (κ1) is 15.2. The van der Waals surface area contributed by atoms with E-state index in [0.717, 1.165) is 5.56 Å². The van der Waals surface area contributed by atoms with Gasteiger partial charge in [-0.15, -0.1) is 0 Å². The summed E-state index contributed by atoms with van der Waals surface area (Å²) in [4.78, 5) is 0. The van der Waals surface area contributed by atoms with Gasteiger partial charge in [0.25, 0.3) is 0 Å². The molecule has 0 aliphatic rings. The Labute approximate surface area is 120 Å². The van der Waals surface area contributed by atoms with Crippen molar-refractivity contribution in [1.29, 1.82) is 0 Å². The van der Waals surface area contributed by atoms with E-state index in [0.29, 0.717) is 5.56 Å². The highest BCUT2D eigenvalue weighted by molar-refractivity contribution is 14.1. The van der Waals surface area contributed by atoms with E-state index in [4.69, 9.17) is 11.6 Å². The van der Waals surface area contributed by atoms with E-state index in [-0.39, 0.29) is 5.75 Å². The van der Waals surface area contributed by atoms with Crippen LogP contribution in [0.1, 0.15) is 24.2 Å². The first-order valence-electron chi connectivity index (χ1n) is 5.07. The first-order chi connectivity index (χ1) is 7.72. The van der Waals surface area contributed by atoms with Crippen molar-refractivity contribution in [2.24, 2.45) is 0 Å². The van der Waals surface area contributed by atoms with Gasteiger partial charge < -0.3 is 5.11 Å². The van der Waals surface area contributed by atoms with Crippen LogP contribution in [0.3, 0.4) is 0 Å². The standard InChI is InChI=1S/C11H14ClIO3S/c1-3-17(15,16)11(12,13)10(14)9-6-4-5-8(2)7-9/h4-7,10,14H,3H2,1-2H3/t10-,11+/m0/s1. The summed E-state index contributed by atoms with van der Waals surface area (Å²) in [6, 6.07) is 7.02. The van der Waals surface area contributed by atoms with E-state index in [1.807, 2.05) is 13.0 Å². The molecule has 0 saturated carbocycles. The number of halogens is 2. The number of hydrogen-bond donors (Lipinski definition) is 1. The van der Waals surface area contributed by atoms with E-state index in [9.17, 15) is 13.5 Å². The second-order valence-electron chi connectivity index (χ2n) is 3.78. The molecule has 96 valence electrons. The number of aryl methyl sites for hydroxylation is 1. The largest absolute Gasteiger partial charge is 0.385 e. The molecule has 1 aromatic rings. The molecule has 1 rings (SSSR count). The smallest absolute Gasteiger partial charge is 0.225 e. The maximum absolute atomic E-state index is 11.8. The number of sulfone groups is 1. The lowest BCUT2D eigenvalue weighted by Crippen LogP contribution is -2.34. The van der Waals surface area contributed by atoms with Gasteiger partial charge in [0.15, 0.2) is 9.84 Å². The Morgan fingerprint density at radius 3 is 2.59 bits per heavy atom. The van der Waals surface area contributed by atoms with Crippen molar-refractivity contribution in [3.63, 3.8) is 0 Å². The molecule has 0 saturated heterocycles. The molecular weight excluding hydrogens is 375 g/mol. The maximum Gasteiger partial charge on any atom is 0.225 e. The third kappa shape index (κ3) is 3.13. The van der Waals surface area contributed by atoms with E-state index in [1.54, 1.807) is 40.8 Å². The summed E-state index contributed by atoms with van der Waals surface area (Å²) >= 11 is 7.60. The van der Waals surface area contributed by atoms with Crippen LogP contribution in [0.5, 0.6) is 0 Å². The molecule has 0 aromatic heterocycles. The van der Waals surface area contributed by atoms with Gasteiger partial charge in [-0.3, -0.25) is 0 Å². The fourth-order valence-electron chi connectivity index (χ4n) is 1.40. The van der Waals surface area contributed by atoms with Gasteiger partial charge in [-0.1, -0.05) is 48.4 Å². The lowest BCUT2D eigenvalue weighted by Gasteiger charge is -2.26. The summed E-state index contributed by atoms with van der Waals surface area (Å²) in [5.74, 6) is -0.109. The van der Waals surface area contributed by atoms with Crippen LogP contribution >= 0.6 is 34.2 Å². The first-order valence-corrected chi connectivity index (χ1v) is 8.18. The minimum absolute atomic E-state index is 0.109. The predicted molar refractivity (Wildman–Crippen MR) is 78.2 cm³/mol. The molecule has 0 radical (unpaired) electrons. The molecule has 0 aliphatic carbocycles. The van der Waals surface area contributed by atoms with Gasteiger partial charge in [0.2, 0.25) is 2.21 Å². The number of benzene rings is 1. The van der Waals surface area contributed by atoms with Crippen molar-refractivity contribution in [2.45, 2.75) is 22.2 Å².